The largest absolute Gasteiger partial charge is 0.419 e. The number of alkyl halides is 3. The van der Waals surface area contributed by atoms with Gasteiger partial charge >= 0.3 is 6.18 Å². The second kappa shape index (κ2) is 5.59. The van der Waals surface area contributed by atoms with E-state index in [1.165, 1.54) is 31.7 Å². The molecule has 3 rings (SSSR count). The zero-order valence-electron chi connectivity index (χ0n) is 11.7. The van der Waals surface area contributed by atoms with E-state index in [0.29, 0.717) is 18.0 Å². The van der Waals surface area contributed by atoms with Crippen molar-refractivity contribution in [3.05, 3.63) is 35.1 Å². The van der Waals surface area contributed by atoms with Gasteiger partial charge in [-0.15, -0.1) is 0 Å². The maximum atomic E-state index is 13.2. The van der Waals surface area contributed by atoms with Crippen molar-refractivity contribution in [1.29, 1.82) is 0 Å². The van der Waals surface area contributed by atoms with Gasteiger partial charge in [-0.1, -0.05) is 6.07 Å². The van der Waals surface area contributed by atoms with Gasteiger partial charge in [0, 0.05) is 6.54 Å². The van der Waals surface area contributed by atoms with E-state index in [1.807, 2.05) is 0 Å². The van der Waals surface area contributed by atoms with Crippen LogP contribution < -0.4 is 5.32 Å². The van der Waals surface area contributed by atoms with Crippen LogP contribution in [0.3, 0.4) is 0 Å². The number of nitrogens with one attached hydrogen (secondary N) is 1. The second-order valence-electron chi connectivity index (χ2n) is 6.28. The van der Waals surface area contributed by atoms with E-state index in [0.717, 1.165) is 30.5 Å². The molecule has 1 N–H and O–H groups in total. The van der Waals surface area contributed by atoms with Crippen LogP contribution in [-0.2, 0) is 12.7 Å². The molecule has 0 atom stereocenters. The molecule has 1 aromatic carbocycles. The summed E-state index contributed by atoms with van der Waals surface area (Å²) in [5, 5.41) is 3.25. The fraction of sp³-hybridized carbons (Fsp3) is 0.625. The Morgan fingerprint density at radius 3 is 2.24 bits per heavy atom. The van der Waals surface area contributed by atoms with Gasteiger partial charge in [-0.25, -0.2) is 4.39 Å². The summed E-state index contributed by atoms with van der Waals surface area (Å²) in [4.78, 5) is 0. The summed E-state index contributed by atoms with van der Waals surface area (Å²) in [6, 6.07) is 3.23. The normalized spacial score (nSPS) is 19.3. The number of benzene rings is 1. The summed E-state index contributed by atoms with van der Waals surface area (Å²) in [5.74, 6) is 1.08. The van der Waals surface area contributed by atoms with Crippen molar-refractivity contribution in [3.63, 3.8) is 0 Å². The molecule has 0 aromatic heterocycles. The van der Waals surface area contributed by atoms with E-state index in [-0.39, 0.29) is 0 Å². The van der Waals surface area contributed by atoms with Crippen LogP contribution in [0.2, 0.25) is 0 Å². The van der Waals surface area contributed by atoms with Crippen molar-refractivity contribution in [2.24, 2.45) is 17.8 Å². The molecule has 2 saturated carbocycles. The molecule has 2 aliphatic rings. The molecule has 1 aromatic rings. The van der Waals surface area contributed by atoms with E-state index in [4.69, 9.17) is 0 Å². The first-order valence-corrected chi connectivity index (χ1v) is 7.51. The molecule has 5 heteroatoms. The fourth-order valence-electron chi connectivity index (χ4n) is 3.05. The van der Waals surface area contributed by atoms with Crippen LogP contribution in [0.1, 0.15) is 36.8 Å². The molecule has 21 heavy (non-hydrogen) atoms. The monoisotopic (exact) mass is 301 g/mol. The van der Waals surface area contributed by atoms with Gasteiger partial charge in [-0.3, -0.25) is 0 Å². The average Bonchev–Trinajstić information content (AvgIpc) is 3.27. The minimum absolute atomic E-state index is 0.360. The summed E-state index contributed by atoms with van der Waals surface area (Å²) in [6.07, 6.45) is 0.523. The lowest BCUT2D eigenvalue weighted by molar-refractivity contribution is -0.140. The molecule has 0 saturated heterocycles. The molecule has 2 aliphatic carbocycles. The van der Waals surface area contributed by atoms with Gasteiger partial charge in [0.2, 0.25) is 0 Å². The first-order valence-electron chi connectivity index (χ1n) is 7.51. The van der Waals surface area contributed by atoms with E-state index in [2.05, 4.69) is 5.32 Å². The molecule has 0 bridgehead atoms. The van der Waals surface area contributed by atoms with Gasteiger partial charge in [0.05, 0.1) is 5.56 Å². The molecule has 0 spiro atoms. The van der Waals surface area contributed by atoms with Crippen LogP contribution in [0.25, 0.3) is 0 Å². The standard InChI is InChI=1S/C16H19F4N/c17-15-6-1-10(7-14(15)16(18,19)20)8-21-9-13(11-2-3-11)12-4-5-12/h1,6-7,11-13,21H,2-5,8-9H2. The molecular formula is C16H19F4N. The lowest BCUT2D eigenvalue weighted by atomic mass is 9.98. The quantitative estimate of drug-likeness (QED) is 0.769. The molecule has 0 unspecified atom stereocenters. The van der Waals surface area contributed by atoms with Crippen LogP contribution in [0.15, 0.2) is 18.2 Å². The van der Waals surface area contributed by atoms with Crippen LogP contribution in [0.4, 0.5) is 17.6 Å². The number of rotatable bonds is 6. The van der Waals surface area contributed by atoms with Crippen molar-refractivity contribution in [2.45, 2.75) is 38.4 Å². The maximum Gasteiger partial charge on any atom is 0.419 e. The lowest BCUT2D eigenvalue weighted by Gasteiger charge is -2.16. The van der Waals surface area contributed by atoms with Crippen LogP contribution in [-0.4, -0.2) is 6.54 Å². The van der Waals surface area contributed by atoms with Crippen LogP contribution in [0.5, 0.6) is 0 Å². The number of hydrogen-bond donors (Lipinski definition) is 1. The van der Waals surface area contributed by atoms with Crippen molar-refractivity contribution >= 4 is 0 Å². The predicted octanol–water partition coefficient (Wildman–Crippen LogP) is 4.37. The first kappa shape index (κ1) is 14.8. The highest BCUT2D eigenvalue weighted by Crippen LogP contribution is 2.48. The Kier molecular flexibility index (Phi) is 3.95. The van der Waals surface area contributed by atoms with E-state index in [9.17, 15) is 17.6 Å². The Morgan fingerprint density at radius 1 is 1.10 bits per heavy atom. The maximum absolute atomic E-state index is 13.2. The SMILES string of the molecule is Fc1ccc(CNCC(C2CC2)C2CC2)cc1C(F)(F)F. The minimum Gasteiger partial charge on any atom is -0.312 e. The summed E-state index contributed by atoms with van der Waals surface area (Å²) in [6.45, 7) is 1.22. The van der Waals surface area contributed by atoms with Crippen molar-refractivity contribution in [1.82, 2.24) is 5.32 Å². The van der Waals surface area contributed by atoms with Gasteiger partial charge in [0.1, 0.15) is 5.82 Å². The molecular weight excluding hydrogens is 282 g/mol. The van der Waals surface area contributed by atoms with Gasteiger partial charge in [-0.05, 0) is 67.7 Å². The highest BCUT2D eigenvalue weighted by atomic mass is 19.4. The van der Waals surface area contributed by atoms with E-state index in [1.54, 1.807) is 0 Å². The smallest absolute Gasteiger partial charge is 0.312 e. The first-order chi connectivity index (χ1) is 9.95. The van der Waals surface area contributed by atoms with E-state index < -0.39 is 17.6 Å². The third kappa shape index (κ3) is 3.76. The lowest BCUT2D eigenvalue weighted by Crippen LogP contribution is -2.25. The molecule has 1 nitrogen and oxygen atoms in total. The van der Waals surface area contributed by atoms with Crippen LogP contribution >= 0.6 is 0 Å². The number of hydrogen-bond acceptors (Lipinski definition) is 1. The third-order valence-electron chi connectivity index (χ3n) is 4.50. The Labute approximate surface area is 121 Å². The second-order valence-corrected chi connectivity index (χ2v) is 6.28. The summed E-state index contributed by atoms with van der Waals surface area (Å²) in [5.41, 5.74) is -0.697. The molecule has 0 heterocycles. The van der Waals surface area contributed by atoms with Crippen molar-refractivity contribution in [2.75, 3.05) is 6.54 Å². The van der Waals surface area contributed by atoms with E-state index >= 15 is 0 Å². The number of halogens is 4. The summed E-state index contributed by atoms with van der Waals surface area (Å²) < 4.78 is 51.1. The topological polar surface area (TPSA) is 12.0 Å². The predicted molar refractivity (Wildman–Crippen MR) is 72.0 cm³/mol. The Bertz CT molecular complexity index is 491. The molecule has 2 fully saturated rings. The minimum atomic E-state index is -4.63. The molecule has 116 valence electrons. The van der Waals surface area contributed by atoms with Crippen LogP contribution in [0, 0.1) is 23.6 Å². The van der Waals surface area contributed by atoms with Gasteiger partial charge < -0.3 is 5.32 Å². The Hall–Kier alpha value is -1.10. The highest BCUT2D eigenvalue weighted by molar-refractivity contribution is 5.27. The van der Waals surface area contributed by atoms with Crippen molar-refractivity contribution in [3.8, 4) is 0 Å². The third-order valence-corrected chi connectivity index (χ3v) is 4.50. The summed E-state index contributed by atoms with van der Waals surface area (Å²) >= 11 is 0. The summed E-state index contributed by atoms with van der Waals surface area (Å²) in [7, 11) is 0. The fourth-order valence-corrected chi connectivity index (χ4v) is 3.05. The molecule has 0 amide bonds. The van der Waals surface area contributed by atoms with Gasteiger partial charge in [0.25, 0.3) is 0 Å². The molecule has 0 aliphatic heterocycles. The van der Waals surface area contributed by atoms with Gasteiger partial charge in [0.15, 0.2) is 0 Å². The van der Waals surface area contributed by atoms with Crippen molar-refractivity contribution < 1.29 is 17.6 Å². The average molecular weight is 301 g/mol. The zero-order chi connectivity index (χ0) is 15.0. The Morgan fingerprint density at radius 2 is 1.71 bits per heavy atom. The molecule has 0 radical (unpaired) electrons. The van der Waals surface area contributed by atoms with Gasteiger partial charge in [-0.2, -0.15) is 13.2 Å². The zero-order valence-corrected chi connectivity index (χ0v) is 11.7. The highest BCUT2D eigenvalue weighted by Gasteiger charge is 2.40. The Balaban J connectivity index is 1.57.